The van der Waals surface area contributed by atoms with E-state index in [1.165, 1.54) is 11.1 Å². The first-order valence-electron chi connectivity index (χ1n) is 6.34. The Morgan fingerprint density at radius 1 is 1.06 bits per heavy atom. The fraction of sp³-hybridized carbons (Fsp3) is 0.375. The number of aryl methyl sites for hydroxylation is 1. The van der Waals surface area contributed by atoms with Gasteiger partial charge in [0, 0.05) is 18.0 Å². The van der Waals surface area contributed by atoms with Crippen LogP contribution in [-0.4, -0.2) is 9.97 Å². The number of benzene rings is 1. The first-order chi connectivity index (χ1) is 8.47. The maximum atomic E-state index is 4.63. The SMILES string of the molecule is Cc1ncc(Cc2ccccc2)c(C(C)(C)C)n1. The normalized spacial score (nSPS) is 11.6. The average Bonchev–Trinajstić information content (AvgIpc) is 2.31. The van der Waals surface area contributed by atoms with E-state index in [9.17, 15) is 0 Å². The molecule has 0 bridgehead atoms. The van der Waals surface area contributed by atoms with Crippen LogP contribution in [-0.2, 0) is 11.8 Å². The third kappa shape index (κ3) is 2.95. The minimum atomic E-state index is 0.0534. The minimum Gasteiger partial charge on any atom is -0.241 e. The molecule has 0 aliphatic rings. The molecule has 0 spiro atoms. The van der Waals surface area contributed by atoms with Gasteiger partial charge in [0.2, 0.25) is 0 Å². The molecule has 0 atom stereocenters. The summed E-state index contributed by atoms with van der Waals surface area (Å²) in [6.45, 7) is 8.54. The van der Waals surface area contributed by atoms with Gasteiger partial charge in [-0.15, -0.1) is 0 Å². The molecule has 0 amide bonds. The molecule has 1 aromatic heterocycles. The van der Waals surface area contributed by atoms with Gasteiger partial charge in [-0.05, 0) is 18.1 Å². The molecule has 0 fully saturated rings. The van der Waals surface area contributed by atoms with Crippen LogP contribution in [0.4, 0.5) is 0 Å². The topological polar surface area (TPSA) is 25.8 Å². The van der Waals surface area contributed by atoms with Crippen molar-refractivity contribution in [2.75, 3.05) is 0 Å². The van der Waals surface area contributed by atoms with Crippen LogP contribution in [0.5, 0.6) is 0 Å². The molecular formula is C16H20N2. The van der Waals surface area contributed by atoms with E-state index in [0.29, 0.717) is 0 Å². The third-order valence-electron chi connectivity index (χ3n) is 2.93. The molecule has 0 saturated heterocycles. The summed E-state index contributed by atoms with van der Waals surface area (Å²) in [5.41, 5.74) is 3.73. The van der Waals surface area contributed by atoms with Gasteiger partial charge in [-0.1, -0.05) is 51.1 Å². The monoisotopic (exact) mass is 240 g/mol. The van der Waals surface area contributed by atoms with Gasteiger partial charge in [-0.25, -0.2) is 9.97 Å². The predicted octanol–water partition coefficient (Wildman–Crippen LogP) is 3.67. The van der Waals surface area contributed by atoms with Crippen molar-refractivity contribution in [3.05, 3.63) is 59.2 Å². The fourth-order valence-corrected chi connectivity index (χ4v) is 2.09. The van der Waals surface area contributed by atoms with Crippen molar-refractivity contribution in [1.82, 2.24) is 9.97 Å². The predicted molar refractivity (Wildman–Crippen MR) is 74.7 cm³/mol. The van der Waals surface area contributed by atoms with Gasteiger partial charge in [-0.2, -0.15) is 0 Å². The van der Waals surface area contributed by atoms with Gasteiger partial charge in [0.25, 0.3) is 0 Å². The molecule has 2 heteroatoms. The van der Waals surface area contributed by atoms with Gasteiger partial charge < -0.3 is 0 Å². The van der Waals surface area contributed by atoms with E-state index in [-0.39, 0.29) is 5.41 Å². The Bertz CT molecular complexity index is 525. The molecule has 0 aliphatic carbocycles. The van der Waals surface area contributed by atoms with E-state index < -0.39 is 0 Å². The van der Waals surface area contributed by atoms with Crippen LogP contribution in [0.2, 0.25) is 0 Å². The van der Waals surface area contributed by atoms with Crippen molar-refractivity contribution >= 4 is 0 Å². The summed E-state index contributed by atoms with van der Waals surface area (Å²) in [7, 11) is 0. The highest BCUT2D eigenvalue weighted by molar-refractivity contribution is 5.30. The largest absolute Gasteiger partial charge is 0.241 e. The Morgan fingerprint density at radius 2 is 1.72 bits per heavy atom. The Balaban J connectivity index is 2.39. The van der Waals surface area contributed by atoms with Crippen molar-refractivity contribution in [1.29, 1.82) is 0 Å². The van der Waals surface area contributed by atoms with Crippen LogP contribution in [0.3, 0.4) is 0 Å². The lowest BCUT2D eigenvalue weighted by Crippen LogP contribution is -2.18. The lowest BCUT2D eigenvalue weighted by molar-refractivity contribution is 0.557. The van der Waals surface area contributed by atoms with E-state index in [1.807, 2.05) is 19.2 Å². The Hall–Kier alpha value is -1.70. The van der Waals surface area contributed by atoms with Crippen molar-refractivity contribution in [2.45, 2.75) is 39.5 Å². The number of aromatic nitrogens is 2. The zero-order valence-electron chi connectivity index (χ0n) is 11.6. The summed E-state index contributed by atoms with van der Waals surface area (Å²) in [5.74, 6) is 0.844. The first-order valence-corrected chi connectivity index (χ1v) is 6.34. The molecule has 0 aliphatic heterocycles. The minimum absolute atomic E-state index is 0.0534. The quantitative estimate of drug-likeness (QED) is 0.800. The highest BCUT2D eigenvalue weighted by atomic mass is 14.9. The molecule has 0 unspecified atom stereocenters. The van der Waals surface area contributed by atoms with Crippen LogP contribution < -0.4 is 0 Å². The fourth-order valence-electron chi connectivity index (χ4n) is 2.09. The van der Waals surface area contributed by atoms with Crippen molar-refractivity contribution in [3.63, 3.8) is 0 Å². The molecule has 2 nitrogen and oxygen atoms in total. The molecule has 2 rings (SSSR count). The second-order valence-electron chi connectivity index (χ2n) is 5.70. The van der Waals surface area contributed by atoms with Crippen LogP contribution in [0.1, 0.15) is 43.4 Å². The van der Waals surface area contributed by atoms with Crippen LogP contribution in [0.15, 0.2) is 36.5 Å². The van der Waals surface area contributed by atoms with Crippen molar-refractivity contribution in [3.8, 4) is 0 Å². The molecule has 1 aromatic carbocycles. The first kappa shape index (κ1) is 12.7. The maximum absolute atomic E-state index is 4.63. The second-order valence-corrected chi connectivity index (χ2v) is 5.70. The smallest absolute Gasteiger partial charge is 0.125 e. The molecule has 1 heterocycles. The Labute approximate surface area is 109 Å². The average molecular weight is 240 g/mol. The zero-order valence-corrected chi connectivity index (χ0v) is 11.6. The van der Waals surface area contributed by atoms with Crippen LogP contribution in [0.25, 0.3) is 0 Å². The number of rotatable bonds is 2. The second kappa shape index (κ2) is 4.89. The molecule has 94 valence electrons. The van der Waals surface area contributed by atoms with Gasteiger partial charge in [-0.3, -0.25) is 0 Å². The summed E-state index contributed by atoms with van der Waals surface area (Å²) in [6.07, 6.45) is 2.86. The van der Waals surface area contributed by atoms with Gasteiger partial charge in [0.1, 0.15) is 5.82 Å². The van der Waals surface area contributed by atoms with E-state index in [2.05, 4.69) is 55.0 Å². The molecular weight excluding hydrogens is 220 g/mol. The van der Waals surface area contributed by atoms with Crippen molar-refractivity contribution in [2.24, 2.45) is 0 Å². The highest BCUT2D eigenvalue weighted by Crippen LogP contribution is 2.25. The highest BCUT2D eigenvalue weighted by Gasteiger charge is 2.20. The van der Waals surface area contributed by atoms with Crippen molar-refractivity contribution < 1.29 is 0 Å². The molecule has 0 radical (unpaired) electrons. The summed E-state index contributed by atoms with van der Waals surface area (Å²) in [4.78, 5) is 8.97. The lowest BCUT2D eigenvalue weighted by atomic mass is 9.87. The summed E-state index contributed by atoms with van der Waals surface area (Å²) in [6, 6.07) is 10.5. The summed E-state index contributed by atoms with van der Waals surface area (Å²) >= 11 is 0. The zero-order chi connectivity index (χ0) is 13.2. The van der Waals surface area contributed by atoms with E-state index in [0.717, 1.165) is 17.9 Å². The van der Waals surface area contributed by atoms with E-state index in [1.54, 1.807) is 0 Å². The number of hydrogen-bond donors (Lipinski definition) is 0. The van der Waals surface area contributed by atoms with Crippen LogP contribution >= 0.6 is 0 Å². The molecule has 18 heavy (non-hydrogen) atoms. The molecule has 2 aromatic rings. The van der Waals surface area contributed by atoms with E-state index >= 15 is 0 Å². The molecule has 0 saturated carbocycles. The standard InChI is InChI=1S/C16H20N2/c1-12-17-11-14(15(18-12)16(2,3)4)10-13-8-6-5-7-9-13/h5-9,11H,10H2,1-4H3. The summed E-state index contributed by atoms with van der Waals surface area (Å²) < 4.78 is 0. The van der Waals surface area contributed by atoms with Gasteiger partial charge >= 0.3 is 0 Å². The molecule has 0 N–H and O–H groups in total. The summed E-state index contributed by atoms with van der Waals surface area (Å²) in [5, 5.41) is 0. The van der Waals surface area contributed by atoms with Gasteiger partial charge in [0.15, 0.2) is 0 Å². The number of hydrogen-bond acceptors (Lipinski definition) is 2. The maximum Gasteiger partial charge on any atom is 0.125 e. The third-order valence-corrected chi connectivity index (χ3v) is 2.93. The lowest BCUT2D eigenvalue weighted by Gasteiger charge is -2.21. The van der Waals surface area contributed by atoms with Gasteiger partial charge in [0.05, 0.1) is 5.69 Å². The Kier molecular flexibility index (Phi) is 3.46. The van der Waals surface area contributed by atoms with Crippen LogP contribution in [0, 0.1) is 6.92 Å². The Morgan fingerprint density at radius 3 is 2.33 bits per heavy atom. The number of nitrogens with zero attached hydrogens (tertiary/aromatic N) is 2. The van der Waals surface area contributed by atoms with E-state index in [4.69, 9.17) is 0 Å².